The van der Waals surface area contributed by atoms with Crippen LogP contribution < -0.4 is 5.32 Å². The molecule has 1 aliphatic heterocycles. The van der Waals surface area contributed by atoms with E-state index >= 15 is 0 Å². The van der Waals surface area contributed by atoms with E-state index in [9.17, 15) is 9.59 Å². The Morgan fingerprint density at radius 3 is 2.47 bits per heavy atom. The van der Waals surface area contributed by atoms with Crippen molar-refractivity contribution < 1.29 is 9.59 Å². The van der Waals surface area contributed by atoms with E-state index in [0.29, 0.717) is 42.8 Å². The zero-order valence-corrected chi connectivity index (χ0v) is 18.4. The van der Waals surface area contributed by atoms with Gasteiger partial charge < -0.3 is 10.2 Å². The van der Waals surface area contributed by atoms with Crippen LogP contribution in [0.3, 0.4) is 0 Å². The standard InChI is InChI=1S/C23H25Cl2N3O2/c1-2-18-5-3-4-6-21(18)26-22(29)16-27-11-13-28(14-12-27)23(30)10-8-17-7-9-19(24)20(25)15-17/h3-10,15H,2,11-14,16H2,1H3,(H,26,29)/b10-8+. The van der Waals surface area contributed by atoms with Gasteiger partial charge in [0.1, 0.15) is 0 Å². The van der Waals surface area contributed by atoms with Crippen molar-refractivity contribution in [1.29, 1.82) is 0 Å². The second-order valence-corrected chi connectivity index (χ2v) is 7.98. The summed E-state index contributed by atoms with van der Waals surface area (Å²) >= 11 is 11.9. The van der Waals surface area contributed by atoms with Gasteiger partial charge in [-0.2, -0.15) is 0 Å². The van der Waals surface area contributed by atoms with Crippen molar-refractivity contribution in [3.63, 3.8) is 0 Å². The van der Waals surface area contributed by atoms with Gasteiger partial charge in [0, 0.05) is 37.9 Å². The first-order chi connectivity index (χ1) is 14.5. The van der Waals surface area contributed by atoms with Gasteiger partial charge in [-0.25, -0.2) is 0 Å². The van der Waals surface area contributed by atoms with Crippen LogP contribution in [0, 0.1) is 0 Å². The van der Waals surface area contributed by atoms with Crippen LogP contribution >= 0.6 is 23.2 Å². The molecule has 2 amide bonds. The molecule has 0 spiro atoms. The van der Waals surface area contributed by atoms with Crippen LogP contribution in [0.1, 0.15) is 18.1 Å². The molecule has 1 heterocycles. The normalized spacial score (nSPS) is 14.8. The summed E-state index contributed by atoms with van der Waals surface area (Å²) in [5, 5.41) is 3.94. The summed E-state index contributed by atoms with van der Waals surface area (Å²) in [4.78, 5) is 28.7. The number of benzene rings is 2. The van der Waals surface area contributed by atoms with Gasteiger partial charge in [0.2, 0.25) is 11.8 Å². The first kappa shape index (κ1) is 22.3. The Bertz CT molecular complexity index is 938. The van der Waals surface area contributed by atoms with Crippen LogP contribution in [0.4, 0.5) is 5.69 Å². The van der Waals surface area contributed by atoms with Gasteiger partial charge in [0.25, 0.3) is 0 Å². The molecule has 1 saturated heterocycles. The minimum absolute atomic E-state index is 0.0322. The number of hydrogen-bond acceptors (Lipinski definition) is 3. The third-order valence-corrected chi connectivity index (χ3v) is 5.82. The van der Waals surface area contributed by atoms with Gasteiger partial charge in [-0.3, -0.25) is 14.5 Å². The Morgan fingerprint density at radius 2 is 1.77 bits per heavy atom. The highest BCUT2D eigenvalue weighted by Gasteiger charge is 2.21. The second-order valence-electron chi connectivity index (χ2n) is 7.17. The van der Waals surface area contributed by atoms with E-state index in [1.807, 2.05) is 30.3 Å². The van der Waals surface area contributed by atoms with Crippen molar-refractivity contribution in [2.75, 3.05) is 38.0 Å². The minimum atomic E-state index is -0.0537. The van der Waals surface area contributed by atoms with Crippen molar-refractivity contribution in [3.05, 3.63) is 69.7 Å². The van der Waals surface area contributed by atoms with Gasteiger partial charge in [0.15, 0.2) is 0 Å². The molecule has 158 valence electrons. The Balaban J connectivity index is 1.47. The maximum atomic E-state index is 12.4. The van der Waals surface area contributed by atoms with Crippen LogP contribution in [-0.2, 0) is 16.0 Å². The Hall–Kier alpha value is -2.34. The number of rotatable bonds is 6. The molecule has 0 saturated carbocycles. The number of para-hydroxylation sites is 1. The molecule has 7 heteroatoms. The molecular weight excluding hydrogens is 421 g/mol. The van der Waals surface area contributed by atoms with Crippen LogP contribution in [0.5, 0.6) is 0 Å². The number of aryl methyl sites for hydroxylation is 1. The summed E-state index contributed by atoms with van der Waals surface area (Å²) in [7, 11) is 0. The zero-order chi connectivity index (χ0) is 21.5. The number of hydrogen-bond donors (Lipinski definition) is 1. The third-order valence-electron chi connectivity index (χ3n) is 5.09. The Labute approximate surface area is 187 Å². The molecule has 2 aromatic carbocycles. The highest BCUT2D eigenvalue weighted by atomic mass is 35.5. The summed E-state index contributed by atoms with van der Waals surface area (Å²) in [5.74, 6) is -0.0859. The first-order valence-corrected chi connectivity index (χ1v) is 10.7. The number of piperazine rings is 1. The fourth-order valence-electron chi connectivity index (χ4n) is 3.36. The molecule has 5 nitrogen and oxygen atoms in total. The van der Waals surface area contributed by atoms with Crippen LogP contribution in [0.15, 0.2) is 48.5 Å². The van der Waals surface area contributed by atoms with Gasteiger partial charge >= 0.3 is 0 Å². The van der Waals surface area contributed by atoms with Crippen LogP contribution in [0.25, 0.3) is 6.08 Å². The predicted molar refractivity (Wildman–Crippen MR) is 123 cm³/mol. The average molecular weight is 446 g/mol. The molecule has 0 atom stereocenters. The summed E-state index contributed by atoms with van der Waals surface area (Å²) in [6.07, 6.45) is 4.14. The molecule has 0 bridgehead atoms. The highest BCUT2D eigenvalue weighted by Crippen LogP contribution is 2.23. The number of amides is 2. The molecule has 1 aliphatic rings. The predicted octanol–water partition coefficient (Wildman–Crippen LogP) is 4.35. The maximum absolute atomic E-state index is 12.4. The number of nitrogens with one attached hydrogen (secondary N) is 1. The maximum Gasteiger partial charge on any atom is 0.246 e. The second kappa shape index (κ2) is 10.6. The van der Waals surface area contributed by atoms with Crippen LogP contribution in [-0.4, -0.2) is 54.3 Å². The fraction of sp³-hybridized carbons (Fsp3) is 0.304. The number of nitrogens with zero attached hydrogens (tertiary/aromatic N) is 2. The smallest absolute Gasteiger partial charge is 0.246 e. The number of halogens is 2. The van der Waals surface area contributed by atoms with Crippen molar-refractivity contribution in [2.24, 2.45) is 0 Å². The number of carbonyl (C=O) groups is 2. The van der Waals surface area contributed by atoms with Crippen molar-refractivity contribution in [3.8, 4) is 0 Å². The summed E-state index contributed by atoms with van der Waals surface area (Å²) in [6, 6.07) is 13.1. The van der Waals surface area contributed by atoms with E-state index in [2.05, 4.69) is 17.1 Å². The van der Waals surface area contributed by atoms with E-state index in [-0.39, 0.29) is 11.8 Å². The van der Waals surface area contributed by atoms with E-state index in [1.54, 1.807) is 29.2 Å². The van der Waals surface area contributed by atoms with E-state index in [4.69, 9.17) is 23.2 Å². The summed E-state index contributed by atoms with van der Waals surface area (Å²) < 4.78 is 0. The average Bonchev–Trinajstić information content (AvgIpc) is 2.75. The Morgan fingerprint density at radius 1 is 1.03 bits per heavy atom. The van der Waals surface area contributed by atoms with Crippen LogP contribution in [0.2, 0.25) is 10.0 Å². The molecule has 0 unspecified atom stereocenters. The molecule has 0 aliphatic carbocycles. The first-order valence-electron chi connectivity index (χ1n) is 9.98. The molecule has 3 rings (SSSR count). The molecule has 1 fully saturated rings. The lowest BCUT2D eigenvalue weighted by atomic mass is 10.1. The van der Waals surface area contributed by atoms with Gasteiger partial charge in [-0.15, -0.1) is 0 Å². The Kier molecular flexibility index (Phi) is 7.91. The monoisotopic (exact) mass is 445 g/mol. The van der Waals surface area contributed by atoms with E-state index in [0.717, 1.165) is 23.2 Å². The van der Waals surface area contributed by atoms with Gasteiger partial charge in [-0.05, 0) is 41.8 Å². The highest BCUT2D eigenvalue weighted by molar-refractivity contribution is 6.42. The molecule has 0 aromatic heterocycles. The van der Waals surface area contributed by atoms with E-state index in [1.165, 1.54) is 0 Å². The topological polar surface area (TPSA) is 52.7 Å². The number of anilines is 1. The van der Waals surface area contributed by atoms with Crippen molar-refractivity contribution in [2.45, 2.75) is 13.3 Å². The summed E-state index contributed by atoms with van der Waals surface area (Å²) in [5.41, 5.74) is 2.81. The molecule has 2 aromatic rings. The lowest BCUT2D eigenvalue weighted by Crippen LogP contribution is -2.50. The molecule has 30 heavy (non-hydrogen) atoms. The fourth-order valence-corrected chi connectivity index (χ4v) is 3.67. The number of carbonyl (C=O) groups excluding carboxylic acids is 2. The lowest BCUT2D eigenvalue weighted by Gasteiger charge is -2.33. The largest absolute Gasteiger partial charge is 0.337 e. The van der Waals surface area contributed by atoms with Gasteiger partial charge in [-0.1, -0.05) is 54.4 Å². The summed E-state index contributed by atoms with van der Waals surface area (Å²) in [6.45, 7) is 4.88. The molecule has 0 radical (unpaired) electrons. The van der Waals surface area contributed by atoms with Gasteiger partial charge in [0.05, 0.1) is 16.6 Å². The SMILES string of the molecule is CCc1ccccc1NC(=O)CN1CCN(C(=O)/C=C/c2ccc(Cl)c(Cl)c2)CC1. The minimum Gasteiger partial charge on any atom is -0.337 e. The van der Waals surface area contributed by atoms with Crippen molar-refractivity contribution in [1.82, 2.24) is 9.80 Å². The molecular formula is C23H25Cl2N3O2. The lowest BCUT2D eigenvalue weighted by molar-refractivity contribution is -0.127. The quantitative estimate of drug-likeness (QED) is 0.672. The van der Waals surface area contributed by atoms with E-state index < -0.39 is 0 Å². The molecule has 1 N–H and O–H groups in total. The third kappa shape index (κ3) is 6.08. The van der Waals surface area contributed by atoms with Crippen molar-refractivity contribution >= 4 is 46.8 Å². The zero-order valence-electron chi connectivity index (χ0n) is 16.9.